The van der Waals surface area contributed by atoms with E-state index < -0.39 is 0 Å². The van der Waals surface area contributed by atoms with Crippen molar-refractivity contribution < 1.29 is 4.79 Å². The fourth-order valence-electron chi connectivity index (χ4n) is 1.44. The van der Waals surface area contributed by atoms with Crippen LogP contribution in [0, 0.1) is 0 Å². The van der Waals surface area contributed by atoms with Crippen molar-refractivity contribution in [3.05, 3.63) is 30.3 Å². The zero-order valence-electron chi connectivity index (χ0n) is 9.20. The van der Waals surface area contributed by atoms with Crippen LogP contribution in [0.15, 0.2) is 30.3 Å². The molecule has 1 aliphatic rings. The predicted octanol–water partition coefficient (Wildman–Crippen LogP) is 1.56. The number of hydrogen-bond donors (Lipinski definition) is 3. The number of hydrogen-bond acceptors (Lipinski definition) is 2. The van der Waals surface area contributed by atoms with Gasteiger partial charge in [-0.15, -0.1) is 0 Å². The molecular formula is C12H17N3O. The molecule has 1 saturated carbocycles. The van der Waals surface area contributed by atoms with E-state index in [2.05, 4.69) is 16.0 Å². The van der Waals surface area contributed by atoms with E-state index in [4.69, 9.17) is 0 Å². The van der Waals surface area contributed by atoms with Crippen LogP contribution in [0.25, 0.3) is 0 Å². The molecule has 0 aromatic heterocycles. The molecule has 1 aromatic rings. The van der Waals surface area contributed by atoms with Gasteiger partial charge in [0.1, 0.15) is 0 Å². The molecule has 0 bridgehead atoms. The van der Waals surface area contributed by atoms with Crippen molar-refractivity contribution in [1.29, 1.82) is 0 Å². The number of nitrogens with one attached hydrogen (secondary N) is 3. The van der Waals surface area contributed by atoms with Crippen molar-refractivity contribution in [2.75, 3.05) is 18.4 Å². The number of rotatable bonds is 5. The van der Waals surface area contributed by atoms with Crippen molar-refractivity contribution in [2.24, 2.45) is 0 Å². The zero-order chi connectivity index (χ0) is 11.2. The topological polar surface area (TPSA) is 53.2 Å². The monoisotopic (exact) mass is 219 g/mol. The van der Waals surface area contributed by atoms with Crippen LogP contribution in [0.5, 0.6) is 0 Å². The van der Waals surface area contributed by atoms with Gasteiger partial charge in [0.2, 0.25) is 0 Å². The molecule has 1 fully saturated rings. The molecule has 86 valence electrons. The van der Waals surface area contributed by atoms with E-state index in [-0.39, 0.29) is 6.03 Å². The molecule has 0 saturated heterocycles. The Labute approximate surface area is 95.4 Å². The van der Waals surface area contributed by atoms with E-state index in [0.29, 0.717) is 12.6 Å². The number of urea groups is 1. The van der Waals surface area contributed by atoms with Gasteiger partial charge in [0, 0.05) is 24.8 Å². The van der Waals surface area contributed by atoms with E-state index in [9.17, 15) is 4.79 Å². The Bertz CT molecular complexity index is 335. The van der Waals surface area contributed by atoms with Gasteiger partial charge in [0.25, 0.3) is 0 Å². The summed E-state index contributed by atoms with van der Waals surface area (Å²) in [6, 6.07) is 9.98. The van der Waals surface area contributed by atoms with Gasteiger partial charge < -0.3 is 16.0 Å². The Morgan fingerprint density at radius 1 is 1.19 bits per heavy atom. The number of anilines is 1. The quantitative estimate of drug-likeness (QED) is 0.658. The summed E-state index contributed by atoms with van der Waals surface area (Å²) in [5.74, 6) is 0. The lowest BCUT2D eigenvalue weighted by atomic mass is 10.3. The summed E-state index contributed by atoms with van der Waals surface area (Å²) in [6.07, 6.45) is 2.55. The number of carbonyl (C=O) groups is 1. The summed E-state index contributed by atoms with van der Waals surface area (Å²) >= 11 is 0. The molecule has 2 rings (SSSR count). The molecule has 1 aromatic carbocycles. The maximum Gasteiger partial charge on any atom is 0.319 e. The Kier molecular flexibility index (Phi) is 3.77. The van der Waals surface area contributed by atoms with Gasteiger partial charge in [-0.05, 0) is 25.0 Å². The van der Waals surface area contributed by atoms with Gasteiger partial charge >= 0.3 is 6.03 Å². The first-order valence-electron chi connectivity index (χ1n) is 5.68. The molecule has 2 amide bonds. The van der Waals surface area contributed by atoms with Crippen molar-refractivity contribution >= 4 is 11.7 Å². The minimum absolute atomic E-state index is 0.149. The Morgan fingerprint density at radius 3 is 2.62 bits per heavy atom. The summed E-state index contributed by atoms with van der Waals surface area (Å²) < 4.78 is 0. The fourth-order valence-corrected chi connectivity index (χ4v) is 1.44. The Balaban J connectivity index is 1.60. The van der Waals surface area contributed by atoms with Crippen molar-refractivity contribution in [3.8, 4) is 0 Å². The molecule has 0 radical (unpaired) electrons. The molecule has 4 nitrogen and oxygen atoms in total. The van der Waals surface area contributed by atoms with Crippen LogP contribution in [0.1, 0.15) is 12.8 Å². The van der Waals surface area contributed by atoms with Crippen LogP contribution in [-0.2, 0) is 0 Å². The van der Waals surface area contributed by atoms with Gasteiger partial charge in [-0.2, -0.15) is 0 Å². The summed E-state index contributed by atoms with van der Waals surface area (Å²) in [7, 11) is 0. The molecular weight excluding hydrogens is 202 g/mol. The van der Waals surface area contributed by atoms with E-state index in [1.54, 1.807) is 0 Å². The highest BCUT2D eigenvalue weighted by molar-refractivity contribution is 5.89. The number of para-hydroxylation sites is 1. The molecule has 0 atom stereocenters. The standard InChI is InChI=1S/C12H17N3O/c16-12(14-9-8-13-10-6-7-10)15-11-4-2-1-3-5-11/h1-5,10,13H,6-9H2,(H2,14,15,16). The third-order valence-electron chi connectivity index (χ3n) is 2.45. The lowest BCUT2D eigenvalue weighted by Crippen LogP contribution is -2.35. The minimum Gasteiger partial charge on any atom is -0.337 e. The van der Waals surface area contributed by atoms with Crippen LogP contribution in [-0.4, -0.2) is 25.2 Å². The summed E-state index contributed by atoms with van der Waals surface area (Å²) in [5, 5.41) is 8.90. The van der Waals surface area contributed by atoms with E-state index in [1.807, 2.05) is 30.3 Å². The minimum atomic E-state index is -0.149. The van der Waals surface area contributed by atoms with Crippen molar-refractivity contribution in [3.63, 3.8) is 0 Å². The van der Waals surface area contributed by atoms with Crippen molar-refractivity contribution in [1.82, 2.24) is 10.6 Å². The number of benzene rings is 1. The average Bonchev–Trinajstić information content (AvgIpc) is 3.10. The molecule has 1 aliphatic carbocycles. The van der Waals surface area contributed by atoms with E-state index in [1.165, 1.54) is 12.8 Å². The van der Waals surface area contributed by atoms with Crippen LogP contribution >= 0.6 is 0 Å². The van der Waals surface area contributed by atoms with Crippen molar-refractivity contribution in [2.45, 2.75) is 18.9 Å². The Morgan fingerprint density at radius 2 is 1.94 bits per heavy atom. The number of amides is 2. The summed E-state index contributed by atoms with van der Waals surface area (Å²) in [4.78, 5) is 11.4. The second-order valence-corrected chi connectivity index (χ2v) is 3.98. The smallest absolute Gasteiger partial charge is 0.319 e. The highest BCUT2D eigenvalue weighted by Gasteiger charge is 2.19. The zero-order valence-corrected chi connectivity index (χ0v) is 9.20. The highest BCUT2D eigenvalue weighted by atomic mass is 16.2. The van der Waals surface area contributed by atoms with Crippen LogP contribution < -0.4 is 16.0 Å². The molecule has 0 unspecified atom stereocenters. The first kappa shape index (κ1) is 11.0. The summed E-state index contributed by atoms with van der Waals surface area (Å²) in [6.45, 7) is 1.50. The molecule has 0 heterocycles. The second-order valence-electron chi connectivity index (χ2n) is 3.98. The van der Waals surface area contributed by atoms with Gasteiger partial charge in [-0.1, -0.05) is 18.2 Å². The predicted molar refractivity (Wildman–Crippen MR) is 64.5 cm³/mol. The molecule has 4 heteroatoms. The fraction of sp³-hybridized carbons (Fsp3) is 0.417. The lowest BCUT2D eigenvalue weighted by molar-refractivity contribution is 0.252. The molecule has 3 N–H and O–H groups in total. The van der Waals surface area contributed by atoms with Gasteiger partial charge in [-0.3, -0.25) is 0 Å². The normalized spacial score (nSPS) is 14.5. The largest absolute Gasteiger partial charge is 0.337 e. The highest BCUT2D eigenvalue weighted by Crippen LogP contribution is 2.17. The molecule has 0 aliphatic heterocycles. The van der Waals surface area contributed by atoms with Gasteiger partial charge in [0.15, 0.2) is 0 Å². The SMILES string of the molecule is O=C(NCCNC1CC1)Nc1ccccc1. The molecule has 16 heavy (non-hydrogen) atoms. The number of carbonyl (C=O) groups excluding carboxylic acids is 1. The van der Waals surface area contributed by atoms with Crippen LogP contribution in [0.4, 0.5) is 10.5 Å². The average molecular weight is 219 g/mol. The first-order chi connectivity index (χ1) is 7.84. The van der Waals surface area contributed by atoms with Crippen LogP contribution in [0.3, 0.4) is 0 Å². The van der Waals surface area contributed by atoms with Gasteiger partial charge in [0.05, 0.1) is 0 Å². The molecule has 0 spiro atoms. The van der Waals surface area contributed by atoms with Crippen LogP contribution in [0.2, 0.25) is 0 Å². The third kappa shape index (κ3) is 3.90. The summed E-state index contributed by atoms with van der Waals surface area (Å²) in [5.41, 5.74) is 0.815. The maximum atomic E-state index is 11.4. The van der Waals surface area contributed by atoms with E-state index >= 15 is 0 Å². The lowest BCUT2D eigenvalue weighted by Gasteiger charge is -2.07. The maximum absolute atomic E-state index is 11.4. The Hall–Kier alpha value is -1.55. The van der Waals surface area contributed by atoms with Gasteiger partial charge in [-0.25, -0.2) is 4.79 Å². The second kappa shape index (κ2) is 5.51. The third-order valence-corrected chi connectivity index (χ3v) is 2.45. The first-order valence-corrected chi connectivity index (χ1v) is 5.68. The van der Waals surface area contributed by atoms with E-state index in [0.717, 1.165) is 12.2 Å².